The maximum atomic E-state index is 13.1. The first-order valence-electron chi connectivity index (χ1n) is 8.66. The highest BCUT2D eigenvalue weighted by Crippen LogP contribution is 2.28. The van der Waals surface area contributed by atoms with Crippen LogP contribution in [0.2, 0.25) is 0 Å². The van der Waals surface area contributed by atoms with Crippen molar-refractivity contribution in [2.24, 2.45) is 0 Å². The number of hydrogen-bond acceptors (Lipinski definition) is 3. The number of allylic oxidation sites excluding steroid dienone is 1. The van der Waals surface area contributed by atoms with Crippen molar-refractivity contribution in [2.75, 3.05) is 31.1 Å². The number of hydrogen-bond donors (Lipinski definition) is 0. The summed E-state index contributed by atoms with van der Waals surface area (Å²) in [6, 6.07) is 14.0. The van der Waals surface area contributed by atoms with Crippen molar-refractivity contribution in [1.82, 2.24) is 9.47 Å². The first kappa shape index (κ1) is 17.0. The van der Waals surface area contributed by atoms with E-state index in [-0.39, 0.29) is 5.91 Å². The molecule has 0 N–H and O–H groups in total. The number of halogens is 1. The summed E-state index contributed by atoms with van der Waals surface area (Å²) in [5, 5.41) is 0. The fourth-order valence-corrected chi connectivity index (χ4v) is 3.87. The van der Waals surface area contributed by atoms with Gasteiger partial charge in [-0.15, -0.1) is 6.58 Å². The number of amides is 1. The normalized spacial score (nSPS) is 14.8. The van der Waals surface area contributed by atoms with Gasteiger partial charge in [-0.05, 0) is 28.1 Å². The molecule has 3 aromatic rings. The number of piperazine rings is 1. The summed E-state index contributed by atoms with van der Waals surface area (Å²) >= 11 is 3.35. The van der Waals surface area contributed by atoms with Crippen LogP contribution in [0.1, 0.15) is 10.5 Å². The van der Waals surface area contributed by atoms with Crippen LogP contribution in [0.15, 0.2) is 64.2 Å². The van der Waals surface area contributed by atoms with Gasteiger partial charge in [0.15, 0.2) is 10.3 Å². The smallest absolute Gasteiger partial charge is 0.270 e. The summed E-state index contributed by atoms with van der Waals surface area (Å²) in [5.41, 5.74) is 3.48. The third-order valence-corrected chi connectivity index (χ3v) is 5.17. The molecule has 0 saturated carbocycles. The standard InChI is InChI=1S/C20H20BrN3O2/c1-2-8-24-16-14-19(21)26-18(16)13-17(24)20(25)23-11-9-22(10-12-23)15-6-4-3-5-7-15/h2-7,13-14H,1,8-12H2. The van der Waals surface area contributed by atoms with Crippen molar-refractivity contribution in [3.8, 4) is 0 Å². The second-order valence-corrected chi connectivity index (χ2v) is 7.13. The van der Waals surface area contributed by atoms with E-state index in [4.69, 9.17) is 4.42 Å². The lowest BCUT2D eigenvalue weighted by Gasteiger charge is -2.36. The minimum atomic E-state index is 0.0436. The first-order chi connectivity index (χ1) is 12.7. The number of aromatic nitrogens is 1. The Morgan fingerprint density at radius 2 is 1.88 bits per heavy atom. The third-order valence-electron chi connectivity index (χ3n) is 4.78. The Kier molecular flexibility index (Phi) is 4.59. The zero-order valence-electron chi connectivity index (χ0n) is 14.4. The second kappa shape index (κ2) is 7.03. The van der Waals surface area contributed by atoms with Crippen molar-refractivity contribution in [3.05, 3.63) is 65.5 Å². The molecule has 0 unspecified atom stereocenters. The van der Waals surface area contributed by atoms with E-state index in [1.807, 2.05) is 39.8 Å². The van der Waals surface area contributed by atoms with Gasteiger partial charge < -0.3 is 18.8 Å². The summed E-state index contributed by atoms with van der Waals surface area (Å²) in [4.78, 5) is 17.3. The van der Waals surface area contributed by atoms with Gasteiger partial charge in [0.1, 0.15) is 5.69 Å². The van der Waals surface area contributed by atoms with Gasteiger partial charge in [-0.25, -0.2) is 0 Å². The summed E-state index contributed by atoms with van der Waals surface area (Å²) in [6.45, 7) is 7.46. The summed E-state index contributed by atoms with van der Waals surface area (Å²) in [7, 11) is 0. The molecule has 134 valence electrons. The molecule has 1 fully saturated rings. The molecule has 4 rings (SSSR count). The van der Waals surface area contributed by atoms with E-state index in [1.165, 1.54) is 5.69 Å². The molecule has 2 aromatic heterocycles. The summed E-state index contributed by atoms with van der Waals surface area (Å²) in [6.07, 6.45) is 1.80. The Balaban J connectivity index is 1.53. The topological polar surface area (TPSA) is 41.6 Å². The van der Waals surface area contributed by atoms with Crippen LogP contribution in [-0.2, 0) is 6.54 Å². The maximum absolute atomic E-state index is 13.1. The number of carbonyl (C=O) groups excluding carboxylic acids is 1. The van der Waals surface area contributed by atoms with Gasteiger partial charge in [-0.2, -0.15) is 0 Å². The van der Waals surface area contributed by atoms with Gasteiger partial charge in [0.25, 0.3) is 5.91 Å². The highest BCUT2D eigenvalue weighted by atomic mass is 79.9. The number of furan rings is 1. The predicted molar refractivity (Wildman–Crippen MR) is 107 cm³/mol. The molecule has 3 heterocycles. The minimum absolute atomic E-state index is 0.0436. The SMILES string of the molecule is C=CCn1c(C(=O)N2CCN(c3ccccc3)CC2)cc2oc(Br)cc21. The van der Waals surface area contributed by atoms with Crippen LogP contribution in [-0.4, -0.2) is 41.6 Å². The van der Waals surface area contributed by atoms with Gasteiger partial charge in [-0.1, -0.05) is 24.3 Å². The lowest BCUT2D eigenvalue weighted by atomic mass is 10.2. The molecule has 6 heteroatoms. The van der Waals surface area contributed by atoms with Crippen LogP contribution in [0.4, 0.5) is 5.69 Å². The van der Waals surface area contributed by atoms with Gasteiger partial charge in [0.2, 0.25) is 0 Å². The zero-order valence-corrected chi connectivity index (χ0v) is 16.0. The number of nitrogens with zero attached hydrogens (tertiary/aromatic N) is 3. The van der Waals surface area contributed by atoms with Crippen molar-refractivity contribution >= 4 is 38.6 Å². The number of anilines is 1. The fraction of sp³-hybridized carbons (Fsp3) is 0.250. The van der Waals surface area contributed by atoms with E-state index < -0.39 is 0 Å². The number of rotatable bonds is 4. The van der Waals surface area contributed by atoms with Crippen molar-refractivity contribution < 1.29 is 9.21 Å². The molecule has 0 bridgehead atoms. The molecule has 1 aliphatic heterocycles. The maximum Gasteiger partial charge on any atom is 0.270 e. The van der Waals surface area contributed by atoms with Crippen LogP contribution in [0.25, 0.3) is 11.1 Å². The molecule has 0 spiro atoms. The van der Waals surface area contributed by atoms with Crippen LogP contribution in [0.3, 0.4) is 0 Å². The van der Waals surface area contributed by atoms with E-state index in [0.717, 1.165) is 18.6 Å². The van der Waals surface area contributed by atoms with Crippen molar-refractivity contribution in [3.63, 3.8) is 0 Å². The fourth-order valence-electron chi connectivity index (χ4n) is 3.48. The van der Waals surface area contributed by atoms with Crippen LogP contribution < -0.4 is 4.90 Å². The monoisotopic (exact) mass is 413 g/mol. The van der Waals surface area contributed by atoms with Crippen molar-refractivity contribution in [2.45, 2.75) is 6.54 Å². The molecular formula is C20H20BrN3O2. The minimum Gasteiger partial charge on any atom is -0.448 e. The van der Waals surface area contributed by atoms with E-state index in [9.17, 15) is 4.79 Å². The molecular weight excluding hydrogens is 394 g/mol. The zero-order chi connectivity index (χ0) is 18.1. The summed E-state index contributed by atoms with van der Waals surface area (Å²) < 4.78 is 8.25. The van der Waals surface area contributed by atoms with Gasteiger partial charge in [0.05, 0.1) is 5.52 Å². The lowest BCUT2D eigenvalue weighted by Crippen LogP contribution is -2.49. The Bertz CT molecular complexity index is 937. The van der Waals surface area contributed by atoms with Crippen LogP contribution >= 0.6 is 15.9 Å². The number of para-hydroxylation sites is 1. The Hall–Kier alpha value is -2.47. The highest BCUT2D eigenvalue weighted by Gasteiger charge is 2.26. The quantitative estimate of drug-likeness (QED) is 0.603. The Morgan fingerprint density at radius 3 is 2.58 bits per heavy atom. The Labute approximate surface area is 160 Å². The Morgan fingerprint density at radius 1 is 1.15 bits per heavy atom. The van der Waals surface area contributed by atoms with Gasteiger partial charge in [-0.3, -0.25) is 4.79 Å². The van der Waals surface area contributed by atoms with E-state index >= 15 is 0 Å². The third kappa shape index (κ3) is 3.05. The molecule has 1 saturated heterocycles. The summed E-state index contributed by atoms with van der Waals surface area (Å²) in [5.74, 6) is 0.0436. The molecule has 0 radical (unpaired) electrons. The van der Waals surface area contributed by atoms with Crippen LogP contribution in [0.5, 0.6) is 0 Å². The van der Waals surface area contributed by atoms with E-state index in [1.54, 1.807) is 6.08 Å². The second-order valence-electron chi connectivity index (χ2n) is 6.34. The number of carbonyl (C=O) groups is 1. The molecule has 26 heavy (non-hydrogen) atoms. The van der Waals surface area contributed by atoms with Gasteiger partial charge >= 0.3 is 0 Å². The number of fused-ring (bicyclic) bond motifs is 1. The molecule has 1 aromatic carbocycles. The van der Waals surface area contributed by atoms with Gasteiger partial charge in [0, 0.05) is 50.5 Å². The molecule has 1 amide bonds. The highest BCUT2D eigenvalue weighted by molar-refractivity contribution is 9.10. The molecule has 1 aliphatic rings. The molecule has 0 aliphatic carbocycles. The molecule has 5 nitrogen and oxygen atoms in total. The number of benzene rings is 1. The largest absolute Gasteiger partial charge is 0.448 e. The van der Waals surface area contributed by atoms with Crippen molar-refractivity contribution in [1.29, 1.82) is 0 Å². The van der Waals surface area contributed by atoms with E-state index in [2.05, 4.69) is 39.5 Å². The van der Waals surface area contributed by atoms with Crippen LogP contribution in [0, 0.1) is 0 Å². The average molecular weight is 414 g/mol. The lowest BCUT2D eigenvalue weighted by molar-refractivity contribution is 0.0737. The average Bonchev–Trinajstić information content (AvgIpc) is 3.19. The molecule has 0 atom stereocenters. The first-order valence-corrected chi connectivity index (χ1v) is 9.45. The predicted octanol–water partition coefficient (Wildman–Crippen LogP) is 4.15. The van der Waals surface area contributed by atoms with E-state index in [0.29, 0.717) is 35.6 Å².